The van der Waals surface area contributed by atoms with Crippen molar-refractivity contribution in [3.8, 4) is 28.5 Å². The molecule has 0 aliphatic rings. The van der Waals surface area contributed by atoms with Crippen LogP contribution in [0, 0.1) is 0 Å². The van der Waals surface area contributed by atoms with Crippen LogP contribution in [0.2, 0.25) is 5.28 Å². The first kappa shape index (κ1) is 11.6. The molecular weight excluding hydrogens is 416 g/mol. The normalized spacial score (nSPS) is 15.2. The Labute approximate surface area is 202 Å². The van der Waals surface area contributed by atoms with Gasteiger partial charge in [-0.2, -0.15) is 15.0 Å². The molecule has 0 atom stereocenters. The maximum absolute atomic E-state index is 8.73. The van der Waals surface area contributed by atoms with Crippen LogP contribution in [0.3, 0.4) is 0 Å². The van der Waals surface area contributed by atoms with Crippen LogP contribution in [0.15, 0.2) is 103 Å². The van der Waals surface area contributed by atoms with E-state index in [1.807, 2.05) is 48.5 Å². The maximum atomic E-state index is 8.73. The van der Waals surface area contributed by atoms with Crippen molar-refractivity contribution >= 4 is 33.4 Å². The van der Waals surface area contributed by atoms with Gasteiger partial charge in [-0.3, -0.25) is 4.57 Å². The molecule has 4 nitrogen and oxygen atoms in total. The van der Waals surface area contributed by atoms with Crippen LogP contribution in [-0.4, -0.2) is 19.5 Å². The monoisotopic (exact) mass is 441 g/mol. The van der Waals surface area contributed by atoms with Crippen LogP contribution in [0.5, 0.6) is 0 Å². The molecule has 0 amide bonds. The number of benzene rings is 4. The lowest BCUT2D eigenvalue weighted by Crippen LogP contribution is -2.04. The molecule has 0 radical (unpaired) electrons. The second-order valence-corrected chi connectivity index (χ2v) is 7.19. The lowest BCUT2D eigenvalue weighted by atomic mass is 10.0. The molecule has 0 spiro atoms. The molecule has 2 aromatic heterocycles. The van der Waals surface area contributed by atoms with Crippen LogP contribution < -0.4 is 0 Å². The lowest BCUT2D eigenvalue weighted by molar-refractivity contribution is 0.947. The molecule has 32 heavy (non-hydrogen) atoms. The molecule has 6 aromatic rings. The number of fused-ring (bicyclic) bond motifs is 3. The van der Waals surface area contributed by atoms with Crippen LogP contribution in [0.4, 0.5) is 0 Å². The van der Waals surface area contributed by atoms with E-state index in [0.29, 0.717) is 0 Å². The molecule has 2 heterocycles. The van der Waals surface area contributed by atoms with Crippen LogP contribution >= 0.6 is 11.6 Å². The van der Waals surface area contributed by atoms with Gasteiger partial charge in [0.1, 0.15) is 0 Å². The fraction of sp³-hybridized carbons (Fsp3) is 0. The molecule has 0 saturated heterocycles. The second-order valence-electron chi connectivity index (χ2n) is 6.85. The van der Waals surface area contributed by atoms with Crippen molar-refractivity contribution in [2.75, 3.05) is 0 Å². The highest BCUT2D eigenvalue weighted by Gasteiger charge is 2.16. The van der Waals surface area contributed by atoms with Gasteiger partial charge >= 0.3 is 0 Å². The fourth-order valence-electron chi connectivity index (χ4n) is 3.61. The van der Waals surface area contributed by atoms with Crippen molar-refractivity contribution in [1.82, 2.24) is 19.5 Å². The number of hydrogen-bond acceptors (Lipinski definition) is 3. The first-order valence-electron chi connectivity index (χ1n) is 14.1. The van der Waals surface area contributed by atoms with Gasteiger partial charge in [0.2, 0.25) is 11.2 Å². The number of halogens is 1. The highest BCUT2D eigenvalue weighted by atomic mass is 35.5. The maximum Gasteiger partial charge on any atom is 0.239 e. The van der Waals surface area contributed by atoms with E-state index in [1.54, 1.807) is 4.57 Å². The standard InChI is InChI=1S/C27H17ClN4/c28-26-29-25(20-16-14-19(15-17-20)18-8-2-1-3-9-18)30-27(31-26)32-23-12-6-4-10-21(23)22-11-5-7-13-24(22)32/h1-17H/i1D,2D,3D,8D,9D,14D,15D,16D,17D. The number of rotatable bonds is 3. The summed E-state index contributed by atoms with van der Waals surface area (Å²) in [6.45, 7) is 0. The Bertz CT molecular complexity index is 1970. The predicted molar refractivity (Wildman–Crippen MR) is 130 cm³/mol. The summed E-state index contributed by atoms with van der Waals surface area (Å²) in [6, 6.07) is 9.65. The molecule has 0 bridgehead atoms. The van der Waals surface area contributed by atoms with Gasteiger partial charge < -0.3 is 0 Å². The third kappa shape index (κ3) is 3.13. The average molecular weight is 442 g/mol. The Morgan fingerprint density at radius 1 is 0.625 bits per heavy atom. The fourth-order valence-corrected chi connectivity index (χ4v) is 3.77. The first-order valence-corrected chi connectivity index (χ1v) is 9.98. The predicted octanol–water partition coefficient (Wildman–Crippen LogP) is 6.96. The molecule has 6 rings (SSSR count). The molecule has 5 heteroatoms. The minimum atomic E-state index is -0.651. The largest absolute Gasteiger partial charge is 0.278 e. The third-order valence-corrected chi connectivity index (χ3v) is 5.14. The van der Waals surface area contributed by atoms with Gasteiger partial charge in [0.15, 0.2) is 5.82 Å². The van der Waals surface area contributed by atoms with E-state index in [0.717, 1.165) is 21.8 Å². The number of aromatic nitrogens is 4. The van der Waals surface area contributed by atoms with Crippen molar-refractivity contribution in [1.29, 1.82) is 0 Å². The van der Waals surface area contributed by atoms with E-state index in [4.69, 9.17) is 23.9 Å². The quantitative estimate of drug-likeness (QED) is 0.298. The zero-order valence-electron chi connectivity index (χ0n) is 25.3. The van der Waals surface area contributed by atoms with E-state index in [1.165, 1.54) is 0 Å². The molecular formula is C27H17ClN4. The number of hydrogen-bond donors (Lipinski definition) is 0. The number of nitrogens with zero attached hydrogens (tertiary/aromatic N) is 4. The Hall–Kier alpha value is -4.02. The summed E-state index contributed by atoms with van der Waals surface area (Å²) in [7, 11) is 0. The van der Waals surface area contributed by atoms with E-state index < -0.39 is 65.5 Å². The highest BCUT2D eigenvalue weighted by molar-refractivity contribution is 6.28. The van der Waals surface area contributed by atoms with Gasteiger partial charge in [-0.05, 0) is 34.9 Å². The summed E-state index contributed by atoms with van der Waals surface area (Å²) < 4.78 is 76.9. The first-order chi connectivity index (χ1) is 19.5. The Morgan fingerprint density at radius 2 is 1.19 bits per heavy atom. The third-order valence-electron chi connectivity index (χ3n) is 4.98. The van der Waals surface area contributed by atoms with Crippen molar-refractivity contribution in [2.45, 2.75) is 0 Å². The van der Waals surface area contributed by atoms with Gasteiger partial charge in [0.25, 0.3) is 0 Å². The van der Waals surface area contributed by atoms with Crippen molar-refractivity contribution < 1.29 is 12.3 Å². The minimum Gasteiger partial charge on any atom is -0.278 e. The lowest BCUT2D eigenvalue weighted by Gasteiger charge is -2.09. The van der Waals surface area contributed by atoms with E-state index in [2.05, 4.69) is 15.0 Å². The molecule has 0 unspecified atom stereocenters. The molecule has 0 saturated carbocycles. The van der Waals surface area contributed by atoms with Crippen molar-refractivity contribution in [2.24, 2.45) is 0 Å². The molecule has 0 aliphatic heterocycles. The summed E-state index contributed by atoms with van der Waals surface area (Å²) >= 11 is 6.32. The second kappa shape index (κ2) is 7.59. The highest BCUT2D eigenvalue weighted by Crippen LogP contribution is 2.31. The van der Waals surface area contributed by atoms with Gasteiger partial charge in [0, 0.05) is 16.3 Å². The summed E-state index contributed by atoms with van der Waals surface area (Å²) in [6.07, 6.45) is 0. The van der Waals surface area contributed by atoms with Crippen LogP contribution in [-0.2, 0) is 0 Å². The summed E-state index contributed by atoms with van der Waals surface area (Å²) in [5.74, 6) is -0.115. The molecule has 0 N–H and O–H groups in total. The zero-order valence-corrected chi connectivity index (χ0v) is 17.0. The summed E-state index contributed by atoms with van der Waals surface area (Å²) in [5, 5.41) is 1.64. The SMILES string of the molecule is [2H]c1c([2H])c([2H])c(-c2c([2H])c([2H])c(-c3nc(Cl)nc(-n4c5ccccc5c5ccccc54)n3)c([2H])c2[2H])c([2H])c1[2H]. The number of para-hydroxylation sites is 2. The van der Waals surface area contributed by atoms with Crippen molar-refractivity contribution in [3.63, 3.8) is 0 Å². The minimum absolute atomic E-state index is 0.101. The zero-order chi connectivity index (χ0) is 29.3. The van der Waals surface area contributed by atoms with Crippen LogP contribution in [0.1, 0.15) is 12.3 Å². The molecule has 0 fully saturated rings. The smallest absolute Gasteiger partial charge is 0.239 e. The van der Waals surface area contributed by atoms with Gasteiger partial charge in [-0.25, -0.2) is 0 Å². The molecule has 152 valence electrons. The van der Waals surface area contributed by atoms with Gasteiger partial charge in [0.05, 0.1) is 23.4 Å². The van der Waals surface area contributed by atoms with E-state index >= 15 is 0 Å². The van der Waals surface area contributed by atoms with E-state index in [9.17, 15) is 0 Å². The summed E-state index contributed by atoms with van der Waals surface area (Å²) in [5.41, 5.74) is 0.418. The Morgan fingerprint density at radius 3 is 1.84 bits per heavy atom. The Kier molecular flexibility index (Phi) is 2.74. The average Bonchev–Trinajstić information content (AvgIpc) is 3.30. The summed E-state index contributed by atoms with van der Waals surface area (Å²) in [4.78, 5) is 12.9. The molecule has 4 aromatic carbocycles. The van der Waals surface area contributed by atoms with Crippen LogP contribution in [0.25, 0.3) is 50.3 Å². The van der Waals surface area contributed by atoms with E-state index in [-0.39, 0.29) is 22.6 Å². The van der Waals surface area contributed by atoms with Gasteiger partial charge in [-0.1, -0.05) is 90.8 Å². The Balaban J connectivity index is 1.62. The molecule has 0 aliphatic carbocycles. The van der Waals surface area contributed by atoms with Gasteiger partial charge in [-0.15, -0.1) is 0 Å². The van der Waals surface area contributed by atoms with Crippen molar-refractivity contribution in [3.05, 3.63) is 108 Å². The topological polar surface area (TPSA) is 43.6 Å².